The number of carbonyl (C=O) groups is 2. The van der Waals surface area contributed by atoms with Crippen molar-refractivity contribution in [1.29, 1.82) is 0 Å². The Hall–Kier alpha value is -1.30. The number of nitrogens with one attached hydrogen (secondary N) is 1. The van der Waals surface area contributed by atoms with Gasteiger partial charge in [0.05, 0.1) is 6.61 Å². The highest BCUT2D eigenvalue weighted by atomic mass is 16.6. The molecule has 0 aromatic heterocycles. The van der Waals surface area contributed by atoms with Crippen LogP contribution in [0.1, 0.15) is 27.7 Å². The molecule has 2 N–H and O–H groups in total. The maximum atomic E-state index is 11.8. The molecular formula is C11H22N2O4. The number of aliphatic hydroxyl groups is 1. The molecule has 6 nitrogen and oxygen atoms in total. The third-order valence-electron chi connectivity index (χ3n) is 1.97. The first-order valence-electron chi connectivity index (χ1n) is 5.35. The summed E-state index contributed by atoms with van der Waals surface area (Å²) in [6.07, 6.45) is -0.732. The third-order valence-corrected chi connectivity index (χ3v) is 1.97. The highest BCUT2D eigenvalue weighted by Gasteiger charge is 2.36. The average molecular weight is 246 g/mol. The maximum Gasteiger partial charge on any atom is 0.408 e. The summed E-state index contributed by atoms with van der Waals surface area (Å²) < 4.78 is 5.03. The lowest BCUT2D eigenvalue weighted by Crippen LogP contribution is -2.59. The Balaban J connectivity index is 4.70. The second kappa shape index (κ2) is 5.35. The van der Waals surface area contributed by atoms with Crippen LogP contribution in [0, 0.1) is 0 Å². The third kappa shape index (κ3) is 5.04. The van der Waals surface area contributed by atoms with E-state index < -0.39 is 29.7 Å². The molecule has 0 aliphatic rings. The van der Waals surface area contributed by atoms with Crippen LogP contribution >= 0.6 is 0 Å². The molecule has 0 heterocycles. The minimum absolute atomic E-state index is 0.397. The fraction of sp³-hybridized carbons (Fsp3) is 0.818. The average Bonchev–Trinajstić information content (AvgIpc) is 2.12. The minimum atomic E-state index is -1.37. The van der Waals surface area contributed by atoms with E-state index in [1.807, 2.05) is 0 Å². The second-order valence-corrected chi connectivity index (χ2v) is 5.32. The number of hydrogen-bond acceptors (Lipinski definition) is 4. The van der Waals surface area contributed by atoms with Gasteiger partial charge in [-0.2, -0.15) is 0 Å². The summed E-state index contributed by atoms with van der Waals surface area (Å²) in [6.45, 7) is 6.10. The van der Waals surface area contributed by atoms with Crippen molar-refractivity contribution in [2.75, 3.05) is 20.7 Å². The maximum absolute atomic E-state index is 11.8. The number of rotatable bonds is 3. The zero-order valence-electron chi connectivity index (χ0n) is 11.3. The summed E-state index contributed by atoms with van der Waals surface area (Å²) in [6, 6.07) is 0. The molecule has 0 aromatic rings. The van der Waals surface area contributed by atoms with Gasteiger partial charge in [0, 0.05) is 14.1 Å². The van der Waals surface area contributed by atoms with Crippen molar-refractivity contribution in [2.45, 2.75) is 38.8 Å². The minimum Gasteiger partial charge on any atom is -0.444 e. The molecular weight excluding hydrogens is 224 g/mol. The first-order chi connectivity index (χ1) is 7.52. The topological polar surface area (TPSA) is 78.9 Å². The first-order valence-corrected chi connectivity index (χ1v) is 5.35. The summed E-state index contributed by atoms with van der Waals surface area (Å²) in [4.78, 5) is 24.6. The zero-order chi connectivity index (χ0) is 13.9. The molecule has 0 spiro atoms. The molecule has 2 amide bonds. The predicted octanol–water partition coefficient (Wildman–Crippen LogP) is 0.350. The highest BCUT2D eigenvalue weighted by molar-refractivity contribution is 5.89. The number of hydrogen-bond donors (Lipinski definition) is 2. The Morgan fingerprint density at radius 3 is 2.00 bits per heavy atom. The molecule has 0 aromatic carbocycles. The van der Waals surface area contributed by atoms with E-state index in [0.29, 0.717) is 0 Å². The molecule has 0 aliphatic heterocycles. The summed E-state index contributed by atoms with van der Waals surface area (Å²) in [5.74, 6) is -0.397. The van der Waals surface area contributed by atoms with Gasteiger partial charge in [-0.05, 0) is 27.7 Å². The van der Waals surface area contributed by atoms with E-state index in [1.165, 1.54) is 11.8 Å². The summed E-state index contributed by atoms with van der Waals surface area (Å²) in [7, 11) is 3.10. The van der Waals surface area contributed by atoms with Crippen molar-refractivity contribution < 1.29 is 19.4 Å². The lowest BCUT2D eigenvalue weighted by molar-refractivity contribution is -0.136. The first kappa shape index (κ1) is 15.7. The Labute approximate surface area is 102 Å². The fourth-order valence-electron chi connectivity index (χ4n) is 1.18. The van der Waals surface area contributed by atoms with E-state index in [-0.39, 0.29) is 0 Å². The van der Waals surface area contributed by atoms with Crippen molar-refractivity contribution >= 4 is 12.0 Å². The number of likely N-dealkylation sites (N-methyl/N-ethyl adjacent to an activating group) is 1. The van der Waals surface area contributed by atoms with Crippen LogP contribution in [-0.4, -0.2) is 53.8 Å². The van der Waals surface area contributed by atoms with Crippen LogP contribution < -0.4 is 5.32 Å². The Morgan fingerprint density at radius 2 is 1.71 bits per heavy atom. The molecule has 1 unspecified atom stereocenters. The number of ether oxygens (including phenoxy) is 1. The number of carbonyl (C=O) groups excluding carboxylic acids is 2. The number of alkyl carbamates (subject to hydrolysis) is 1. The van der Waals surface area contributed by atoms with Crippen molar-refractivity contribution in [1.82, 2.24) is 10.2 Å². The van der Waals surface area contributed by atoms with E-state index in [4.69, 9.17) is 4.74 Å². The molecule has 1 atom stereocenters. The normalized spacial score (nSPS) is 14.8. The van der Waals surface area contributed by atoms with Crippen LogP contribution in [0.4, 0.5) is 4.79 Å². The molecule has 100 valence electrons. The van der Waals surface area contributed by atoms with Crippen molar-refractivity contribution in [3.8, 4) is 0 Å². The van der Waals surface area contributed by atoms with Crippen molar-refractivity contribution in [2.24, 2.45) is 0 Å². The molecule has 0 saturated heterocycles. The van der Waals surface area contributed by atoms with E-state index in [1.54, 1.807) is 34.9 Å². The van der Waals surface area contributed by atoms with E-state index in [0.717, 1.165) is 0 Å². The van der Waals surface area contributed by atoms with Crippen LogP contribution in [0.3, 0.4) is 0 Å². The van der Waals surface area contributed by atoms with Crippen molar-refractivity contribution in [3.63, 3.8) is 0 Å². The molecule has 0 radical (unpaired) electrons. The van der Waals surface area contributed by atoms with E-state index in [2.05, 4.69) is 5.32 Å². The van der Waals surface area contributed by atoms with Crippen LogP contribution in [0.2, 0.25) is 0 Å². The molecule has 0 aliphatic carbocycles. The van der Waals surface area contributed by atoms with Gasteiger partial charge in [-0.15, -0.1) is 0 Å². The highest BCUT2D eigenvalue weighted by Crippen LogP contribution is 2.11. The van der Waals surface area contributed by atoms with Gasteiger partial charge < -0.3 is 20.1 Å². The van der Waals surface area contributed by atoms with Crippen LogP contribution in [-0.2, 0) is 9.53 Å². The Bertz CT molecular complexity index is 296. The smallest absolute Gasteiger partial charge is 0.408 e. The number of aliphatic hydroxyl groups excluding tert-OH is 1. The second-order valence-electron chi connectivity index (χ2n) is 5.32. The zero-order valence-corrected chi connectivity index (χ0v) is 11.3. The fourth-order valence-corrected chi connectivity index (χ4v) is 1.18. The van der Waals surface area contributed by atoms with Crippen LogP contribution in [0.5, 0.6) is 0 Å². The summed E-state index contributed by atoms with van der Waals surface area (Å²) in [5, 5.41) is 11.6. The molecule has 0 rings (SSSR count). The van der Waals surface area contributed by atoms with Crippen molar-refractivity contribution in [3.05, 3.63) is 0 Å². The SMILES string of the molecule is CN(C)C(=O)C(C)(CO)NC(=O)OC(C)(C)C. The lowest BCUT2D eigenvalue weighted by atomic mass is 10.0. The lowest BCUT2D eigenvalue weighted by Gasteiger charge is -2.31. The van der Waals surface area contributed by atoms with Gasteiger partial charge in [-0.1, -0.05) is 0 Å². The largest absolute Gasteiger partial charge is 0.444 e. The van der Waals surface area contributed by atoms with Gasteiger partial charge in [-0.25, -0.2) is 4.79 Å². The standard InChI is InChI=1S/C11H22N2O4/c1-10(2,3)17-9(16)12-11(4,7-14)8(15)13(5)6/h14H,7H2,1-6H3,(H,12,16). The molecule has 17 heavy (non-hydrogen) atoms. The Morgan fingerprint density at radius 1 is 1.24 bits per heavy atom. The van der Waals surface area contributed by atoms with E-state index in [9.17, 15) is 14.7 Å². The van der Waals surface area contributed by atoms with Gasteiger partial charge in [-0.3, -0.25) is 4.79 Å². The van der Waals surface area contributed by atoms with Gasteiger partial charge in [0.2, 0.25) is 5.91 Å². The van der Waals surface area contributed by atoms with Gasteiger partial charge in [0.15, 0.2) is 0 Å². The molecule has 0 bridgehead atoms. The van der Waals surface area contributed by atoms with Gasteiger partial charge >= 0.3 is 6.09 Å². The van der Waals surface area contributed by atoms with Gasteiger partial charge in [0.25, 0.3) is 0 Å². The molecule has 6 heteroatoms. The van der Waals surface area contributed by atoms with Crippen LogP contribution in [0.15, 0.2) is 0 Å². The molecule has 0 saturated carbocycles. The Kier molecular flexibility index (Phi) is 4.94. The van der Waals surface area contributed by atoms with E-state index >= 15 is 0 Å². The number of nitrogens with zero attached hydrogens (tertiary/aromatic N) is 1. The summed E-state index contributed by atoms with van der Waals surface area (Å²) >= 11 is 0. The molecule has 0 fully saturated rings. The quantitative estimate of drug-likeness (QED) is 0.753. The monoisotopic (exact) mass is 246 g/mol. The summed E-state index contributed by atoms with van der Waals surface area (Å²) in [5.41, 5.74) is -2.02. The number of amides is 2. The van der Waals surface area contributed by atoms with Crippen LogP contribution in [0.25, 0.3) is 0 Å². The predicted molar refractivity (Wildman–Crippen MR) is 63.6 cm³/mol. The van der Waals surface area contributed by atoms with Gasteiger partial charge in [0.1, 0.15) is 11.1 Å².